The quantitative estimate of drug-likeness (QED) is 0.404. The normalized spacial score (nSPS) is 21.8. The topological polar surface area (TPSA) is 26.0 Å². The van der Waals surface area contributed by atoms with Crippen molar-refractivity contribution in [3.05, 3.63) is 65.9 Å². The molecule has 0 atom stereocenters. The lowest BCUT2D eigenvalue weighted by Crippen LogP contribution is -2.21. The number of nitrogens with zero attached hydrogens (tertiary/aromatic N) is 1. The van der Waals surface area contributed by atoms with Gasteiger partial charge in [-0.15, -0.1) is 0 Å². The van der Waals surface area contributed by atoms with E-state index in [4.69, 9.17) is 9.40 Å². The van der Waals surface area contributed by atoms with Crippen LogP contribution in [0.1, 0.15) is 48.6 Å². The molecular weight excluding hydrogens is 306 g/mol. The lowest BCUT2D eigenvalue weighted by molar-refractivity contribution is 0.358. The number of hydrogen-bond donors (Lipinski definition) is 0. The van der Waals surface area contributed by atoms with Crippen molar-refractivity contribution in [2.75, 3.05) is 0 Å². The predicted octanol–water partition coefficient (Wildman–Crippen LogP) is 6.40. The van der Waals surface area contributed by atoms with Gasteiger partial charge in [-0.25, -0.2) is 0 Å². The van der Waals surface area contributed by atoms with E-state index in [9.17, 15) is 0 Å². The summed E-state index contributed by atoms with van der Waals surface area (Å²) in [5.41, 5.74) is 7.25. The Morgan fingerprint density at radius 1 is 0.760 bits per heavy atom. The molecule has 0 radical (unpaired) electrons. The Labute approximate surface area is 146 Å². The van der Waals surface area contributed by atoms with Crippen LogP contribution in [0.2, 0.25) is 0 Å². The fraction of sp³-hybridized carbons (Fsp3) is 0.261. The summed E-state index contributed by atoms with van der Waals surface area (Å²) in [7, 11) is 0. The lowest BCUT2D eigenvalue weighted by Gasteiger charge is -2.38. The van der Waals surface area contributed by atoms with E-state index in [0.717, 1.165) is 28.7 Å². The zero-order chi connectivity index (χ0) is 16.4. The predicted molar refractivity (Wildman–Crippen MR) is 101 cm³/mol. The molecule has 25 heavy (non-hydrogen) atoms. The molecule has 0 spiro atoms. The molecule has 0 saturated heterocycles. The molecule has 2 aromatic carbocycles. The summed E-state index contributed by atoms with van der Waals surface area (Å²) in [4.78, 5) is 4.82. The van der Waals surface area contributed by atoms with Crippen LogP contribution >= 0.6 is 0 Å². The van der Waals surface area contributed by atoms with Gasteiger partial charge in [0, 0.05) is 22.5 Å². The van der Waals surface area contributed by atoms with Crippen molar-refractivity contribution in [3.8, 4) is 11.3 Å². The third kappa shape index (κ3) is 1.94. The molecule has 122 valence electrons. The van der Waals surface area contributed by atoms with E-state index in [1.165, 1.54) is 47.6 Å². The Hall–Kier alpha value is -2.61. The SMILES string of the molecule is c1ccc2c(c1)oc1ccc(-c3cc4c(cn3)C3CCC4CC3)cc12. The van der Waals surface area contributed by atoms with Gasteiger partial charge >= 0.3 is 0 Å². The van der Waals surface area contributed by atoms with Crippen LogP contribution in [0.5, 0.6) is 0 Å². The fourth-order valence-electron chi connectivity index (χ4n) is 4.93. The summed E-state index contributed by atoms with van der Waals surface area (Å²) in [6.07, 6.45) is 7.56. The number of para-hydroxylation sites is 1. The Morgan fingerprint density at radius 3 is 2.40 bits per heavy atom. The Morgan fingerprint density at radius 2 is 1.52 bits per heavy atom. The standard InChI is InChI=1S/C23H19NO/c1-2-4-22-17(3-1)19-11-16(9-10-23(19)25-22)21-12-18-14-5-7-15(8-6-14)20(18)13-24-21/h1-4,9-15H,5-8H2. The van der Waals surface area contributed by atoms with Gasteiger partial charge in [-0.3, -0.25) is 4.98 Å². The molecule has 0 unspecified atom stereocenters. The first-order chi connectivity index (χ1) is 12.4. The smallest absolute Gasteiger partial charge is 0.135 e. The highest BCUT2D eigenvalue weighted by atomic mass is 16.3. The summed E-state index contributed by atoms with van der Waals surface area (Å²) in [6, 6.07) is 17.1. The van der Waals surface area contributed by atoms with Crippen molar-refractivity contribution in [3.63, 3.8) is 0 Å². The van der Waals surface area contributed by atoms with Crippen LogP contribution in [0.4, 0.5) is 0 Å². The first-order valence-electron chi connectivity index (χ1n) is 9.28. The van der Waals surface area contributed by atoms with Crippen molar-refractivity contribution in [1.82, 2.24) is 4.98 Å². The summed E-state index contributed by atoms with van der Waals surface area (Å²) in [5.74, 6) is 1.50. The number of furan rings is 1. The Bertz CT molecular complexity index is 1120. The summed E-state index contributed by atoms with van der Waals surface area (Å²) in [5, 5.41) is 2.35. The molecular formula is C23H19NO. The maximum atomic E-state index is 5.95. The molecule has 0 N–H and O–H groups in total. The second kappa shape index (κ2) is 4.95. The number of pyridine rings is 1. The van der Waals surface area contributed by atoms with E-state index in [1.54, 1.807) is 5.56 Å². The monoisotopic (exact) mass is 325 g/mol. The van der Waals surface area contributed by atoms with Gasteiger partial charge in [-0.05, 0) is 79.0 Å². The maximum Gasteiger partial charge on any atom is 0.135 e. The largest absolute Gasteiger partial charge is 0.456 e. The molecule has 2 heterocycles. The molecule has 0 aliphatic heterocycles. The van der Waals surface area contributed by atoms with Crippen LogP contribution in [0, 0.1) is 0 Å². The first kappa shape index (κ1) is 13.7. The molecule has 3 aliphatic rings. The highest BCUT2D eigenvalue weighted by Gasteiger charge is 2.33. The summed E-state index contributed by atoms with van der Waals surface area (Å²) >= 11 is 0. The van der Waals surface area contributed by atoms with Gasteiger partial charge in [0.15, 0.2) is 0 Å². The van der Waals surface area contributed by atoms with E-state index in [2.05, 4.69) is 42.6 Å². The van der Waals surface area contributed by atoms with Crippen molar-refractivity contribution < 1.29 is 4.42 Å². The minimum absolute atomic E-state index is 0.750. The molecule has 1 saturated carbocycles. The van der Waals surface area contributed by atoms with Gasteiger partial charge in [0.1, 0.15) is 11.2 Å². The van der Waals surface area contributed by atoms with Crippen molar-refractivity contribution >= 4 is 21.9 Å². The van der Waals surface area contributed by atoms with Gasteiger partial charge in [0.05, 0.1) is 5.69 Å². The van der Waals surface area contributed by atoms with Gasteiger partial charge in [0.2, 0.25) is 0 Å². The lowest BCUT2D eigenvalue weighted by atomic mass is 9.67. The summed E-state index contributed by atoms with van der Waals surface area (Å²) < 4.78 is 5.95. The molecule has 7 rings (SSSR count). The van der Waals surface area contributed by atoms with Gasteiger partial charge in [-0.2, -0.15) is 0 Å². The van der Waals surface area contributed by atoms with Crippen LogP contribution in [0.15, 0.2) is 59.1 Å². The Balaban J connectivity index is 1.53. The number of aromatic nitrogens is 1. The maximum absolute atomic E-state index is 5.95. The van der Waals surface area contributed by atoms with Crippen molar-refractivity contribution in [1.29, 1.82) is 0 Å². The molecule has 2 bridgehead atoms. The molecule has 2 nitrogen and oxygen atoms in total. The third-order valence-corrected chi connectivity index (χ3v) is 6.25. The van der Waals surface area contributed by atoms with Crippen LogP contribution in [-0.4, -0.2) is 4.98 Å². The number of rotatable bonds is 1. The first-order valence-corrected chi connectivity index (χ1v) is 9.28. The number of hydrogen-bond acceptors (Lipinski definition) is 2. The zero-order valence-corrected chi connectivity index (χ0v) is 14.0. The fourth-order valence-corrected chi connectivity index (χ4v) is 4.93. The van der Waals surface area contributed by atoms with E-state index >= 15 is 0 Å². The number of fused-ring (bicyclic) bond motifs is 5. The second-order valence-corrected chi connectivity index (χ2v) is 7.56. The average molecular weight is 325 g/mol. The van der Waals surface area contributed by atoms with Crippen LogP contribution < -0.4 is 0 Å². The Kier molecular flexibility index (Phi) is 2.70. The van der Waals surface area contributed by atoms with E-state index in [-0.39, 0.29) is 0 Å². The molecule has 1 fully saturated rings. The highest BCUT2D eigenvalue weighted by molar-refractivity contribution is 6.06. The van der Waals surface area contributed by atoms with E-state index in [1.807, 2.05) is 12.1 Å². The average Bonchev–Trinajstić information content (AvgIpc) is 3.06. The second-order valence-electron chi connectivity index (χ2n) is 7.56. The van der Waals surface area contributed by atoms with Crippen LogP contribution in [0.25, 0.3) is 33.2 Å². The molecule has 0 amide bonds. The zero-order valence-electron chi connectivity index (χ0n) is 14.0. The molecule has 2 aromatic heterocycles. The van der Waals surface area contributed by atoms with Gasteiger partial charge in [-0.1, -0.05) is 18.2 Å². The minimum atomic E-state index is 0.750. The number of benzene rings is 2. The minimum Gasteiger partial charge on any atom is -0.456 e. The van der Waals surface area contributed by atoms with E-state index in [0.29, 0.717) is 0 Å². The molecule has 3 aliphatic carbocycles. The van der Waals surface area contributed by atoms with Crippen LogP contribution in [-0.2, 0) is 0 Å². The van der Waals surface area contributed by atoms with Crippen molar-refractivity contribution in [2.24, 2.45) is 0 Å². The summed E-state index contributed by atoms with van der Waals surface area (Å²) in [6.45, 7) is 0. The third-order valence-electron chi connectivity index (χ3n) is 6.25. The van der Waals surface area contributed by atoms with Gasteiger partial charge < -0.3 is 4.42 Å². The van der Waals surface area contributed by atoms with Crippen molar-refractivity contribution in [2.45, 2.75) is 37.5 Å². The molecule has 4 aromatic rings. The van der Waals surface area contributed by atoms with Gasteiger partial charge in [0.25, 0.3) is 0 Å². The molecule has 2 heteroatoms. The van der Waals surface area contributed by atoms with Crippen LogP contribution in [0.3, 0.4) is 0 Å². The highest BCUT2D eigenvalue weighted by Crippen LogP contribution is 2.49. The van der Waals surface area contributed by atoms with E-state index < -0.39 is 0 Å².